The molecule has 2 rings (SSSR count). The average Bonchev–Trinajstić information content (AvgIpc) is 2.81. The van der Waals surface area contributed by atoms with Crippen LogP contribution in [-0.4, -0.2) is 6.61 Å². The van der Waals surface area contributed by atoms with E-state index in [9.17, 15) is 8.78 Å². The number of rotatable bonds is 1. The zero-order valence-electron chi connectivity index (χ0n) is 5.98. The smallest absolute Gasteiger partial charge is 0.150 e. The second kappa shape index (κ2) is 2.68. The quantitative estimate of drug-likeness (QED) is 0.490. The molecule has 0 aliphatic carbocycles. The van der Waals surface area contributed by atoms with Crippen LogP contribution in [0.2, 0.25) is 5.02 Å². The second-order valence-corrected chi connectivity index (χ2v) is 2.99. The molecular weight excluding hydrogens is 186 g/mol. The van der Waals surface area contributed by atoms with Crippen LogP contribution in [0.4, 0.5) is 8.78 Å². The van der Waals surface area contributed by atoms with E-state index in [4.69, 9.17) is 16.3 Å². The number of hydrogen-bond donors (Lipinski definition) is 0. The van der Waals surface area contributed by atoms with Crippen LogP contribution in [0.1, 0.15) is 11.7 Å². The molecule has 1 saturated heterocycles. The van der Waals surface area contributed by atoms with Gasteiger partial charge in [0.05, 0.1) is 17.2 Å². The summed E-state index contributed by atoms with van der Waals surface area (Å²) in [5, 5.41) is -0.0677. The molecule has 1 aromatic carbocycles. The number of benzene rings is 1. The van der Waals surface area contributed by atoms with Gasteiger partial charge in [-0.15, -0.1) is 0 Å². The first-order valence-corrected chi connectivity index (χ1v) is 3.83. The van der Waals surface area contributed by atoms with Gasteiger partial charge in [0.1, 0.15) is 11.9 Å². The van der Waals surface area contributed by atoms with Crippen LogP contribution < -0.4 is 0 Å². The minimum absolute atomic E-state index is 0.0532. The number of hydrogen-bond acceptors (Lipinski definition) is 1. The molecule has 1 heterocycles. The molecule has 1 fully saturated rings. The maximum absolute atomic E-state index is 13.1. The number of ether oxygens (including phenoxy) is 1. The minimum atomic E-state index is -0.709. The van der Waals surface area contributed by atoms with Gasteiger partial charge in [-0.1, -0.05) is 11.6 Å². The van der Waals surface area contributed by atoms with Crippen LogP contribution >= 0.6 is 11.6 Å². The van der Waals surface area contributed by atoms with Gasteiger partial charge < -0.3 is 4.74 Å². The SMILES string of the molecule is Fc1ccc(Cl)c(F)c1[C@@H]1CO1. The normalized spacial score (nSPS) is 21.1. The maximum Gasteiger partial charge on any atom is 0.150 e. The van der Waals surface area contributed by atoms with Crippen molar-refractivity contribution in [2.45, 2.75) is 6.10 Å². The van der Waals surface area contributed by atoms with Gasteiger partial charge in [-0.05, 0) is 12.1 Å². The largest absolute Gasteiger partial charge is 0.368 e. The van der Waals surface area contributed by atoms with Crippen molar-refractivity contribution in [3.8, 4) is 0 Å². The van der Waals surface area contributed by atoms with Gasteiger partial charge in [0.15, 0.2) is 5.82 Å². The highest BCUT2D eigenvalue weighted by molar-refractivity contribution is 6.30. The third-order valence-electron chi connectivity index (χ3n) is 1.73. The lowest BCUT2D eigenvalue weighted by Crippen LogP contribution is -1.94. The molecule has 1 atom stereocenters. The molecule has 0 aromatic heterocycles. The highest BCUT2D eigenvalue weighted by Gasteiger charge is 2.31. The second-order valence-electron chi connectivity index (χ2n) is 2.58. The lowest BCUT2D eigenvalue weighted by Gasteiger charge is -2.01. The molecule has 1 nitrogen and oxygen atoms in total. The van der Waals surface area contributed by atoms with Gasteiger partial charge in [0, 0.05) is 0 Å². The summed E-state index contributed by atoms with van der Waals surface area (Å²) >= 11 is 5.46. The minimum Gasteiger partial charge on any atom is -0.368 e. The van der Waals surface area contributed by atoms with Gasteiger partial charge in [-0.2, -0.15) is 0 Å². The third kappa shape index (κ3) is 1.19. The van der Waals surface area contributed by atoms with Crippen molar-refractivity contribution < 1.29 is 13.5 Å². The molecule has 0 unspecified atom stereocenters. The number of halogens is 3. The Hall–Kier alpha value is -0.670. The van der Waals surface area contributed by atoms with Crippen molar-refractivity contribution in [3.63, 3.8) is 0 Å². The maximum atomic E-state index is 13.1. The van der Waals surface area contributed by atoms with Gasteiger partial charge in [-0.25, -0.2) is 8.78 Å². The van der Waals surface area contributed by atoms with E-state index in [1.807, 2.05) is 0 Å². The van der Waals surface area contributed by atoms with Gasteiger partial charge in [-0.3, -0.25) is 0 Å². The molecule has 0 saturated carbocycles. The Morgan fingerprint density at radius 1 is 1.42 bits per heavy atom. The summed E-state index contributed by atoms with van der Waals surface area (Å²) in [5.74, 6) is -1.31. The van der Waals surface area contributed by atoms with Crippen LogP contribution in [-0.2, 0) is 4.74 Å². The third-order valence-corrected chi connectivity index (χ3v) is 2.03. The van der Waals surface area contributed by atoms with Crippen molar-refractivity contribution in [2.24, 2.45) is 0 Å². The monoisotopic (exact) mass is 190 g/mol. The summed E-state index contributed by atoms with van der Waals surface area (Å²) in [7, 11) is 0. The molecule has 4 heteroatoms. The van der Waals surface area contributed by atoms with E-state index in [2.05, 4.69) is 0 Å². The zero-order chi connectivity index (χ0) is 8.72. The summed E-state index contributed by atoms with van der Waals surface area (Å²) in [6.07, 6.45) is -0.441. The summed E-state index contributed by atoms with van der Waals surface area (Å²) in [4.78, 5) is 0. The Morgan fingerprint density at radius 2 is 2.08 bits per heavy atom. The predicted molar refractivity (Wildman–Crippen MR) is 40.1 cm³/mol. The Kier molecular flexibility index (Phi) is 1.77. The summed E-state index contributed by atoms with van der Waals surface area (Å²) in [6, 6.07) is 2.33. The molecular formula is C8H5ClF2O. The van der Waals surface area contributed by atoms with Crippen molar-refractivity contribution in [1.82, 2.24) is 0 Å². The van der Waals surface area contributed by atoms with Gasteiger partial charge in [0.25, 0.3) is 0 Å². The van der Waals surface area contributed by atoms with E-state index >= 15 is 0 Å². The molecule has 1 aliphatic rings. The first-order valence-electron chi connectivity index (χ1n) is 3.45. The van der Waals surface area contributed by atoms with E-state index in [0.717, 1.165) is 6.07 Å². The van der Waals surface area contributed by atoms with E-state index < -0.39 is 17.7 Å². The Morgan fingerprint density at radius 3 is 2.67 bits per heavy atom. The highest BCUT2D eigenvalue weighted by atomic mass is 35.5. The predicted octanol–water partition coefficient (Wildman–Crippen LogP) is 2.69. The molecule has 0 amide bonds. The van der Waals surface area contributed by atoms with Crippen LogP contribution in [0.25, 0.3) is 0 Å². The van der Waals surface area contributed by atoms with Crippen molar-refractivity contribution in [3.05, 3.63) is 34.4 Å². The van der Waals surface area contributed by atoms with Gasteiger partial charge in [0.2, 0.25) is 0 Å². The molecule has 0 bridgehead atoms. The summed E-state index contributed by atoms with van der Waals surface area (Å²) < 4.78 is 30.8. The van der Waals surface area contributed by atoms with E-state index in [1.54, 1.807) is 0 Å². The van der Waals surface area contributed by atoms with E-state index in [-0.39, 0.29) is 10.6 Å². The van der Waals surface area contributed by atoms with Crippen LogP contribution in [0.3, 0.4) is 0 Å². The van der Waals surface area contributed by atoms with E-state index in [1.165, 1.54) is 6.07 Å². The summed E-state index contributed by atoms with van der Waals surface area (Å²) in [6.45, 7) is 0.369. The number of epoxide rings is 1. The Bertz CT molecular complexity index is 323. The van der Waals surface area contributed by atoms with Crippen molar-refractivity contribution >= 4 is 11.6 Å². The fraction of sp³-hybridized carbons (Fsp3) is 0.250. The molecule has 1 aliphatic heterocycles. The topological polar surface area (TPSA) is 12.5 Å². The lowest BCUT2D eigenvalue weighted by molar-refractivity contribution is 0.398. The molecule has 0 N–H and O–H groups in total. The average molecular weight is 191 g/mol. The van der Waals surface area contributed by atoms with Crippen LogP contribution in [0.5, 0.6) is 0 Å². The first-order chi connectivity index (χ1) is 5.70. The molecule has 0 radical (unpaired) electrons. The zero-order valence-corrected chi connectivity index (χ0v) is 6.74. The lowest BCUT2D eigenvalue weighted by atomic mass is 10.1. The molecule has 0 spiro atoms. The Balaban J connectivity index is 2.55. The molecule has 12 heavy (non-hydrogen) atoms. The fourth-order valence-corrected chi connectivity index (χ4v) is 1.22. The van der Waals surface area contributed by atoms with Crippen LogP contribution in [0, 0.1) is 11.6 Å². The summed E-state index contributed by atoms with van der Waals surface area (Å²) in [5.41, 5.74) is -0.0532. The van der Waals surface area contributed by atoms with Crippen molar-refractivity contribution in [2.75, 3.05) is 6.61 Å². The Labute approximate surface area is 72.9 Å². The van der Waals surface area contributed by atoms with E-state index in [0.29, 0.717) is 6.61 Å². The molecule has 64 valence electrons. The van der Waals surface area contributed by atoms with Gasteiger partial charge >= 0.3 is 0 Å². The highest BCUT2D eigenvalue weighted by Crippen LogP contribution is 2.35. The standard InChI is InChI=1S/C8H5ClF2O/c9-4-1-2-5(10)7(8(4)11)6-3-12-6/h1-2,6H,3H2/t6-/m0/s1. The fourth-order valence-electron chi connectivity index (χ4n) is 1.05. The van der Waals surface area contributed by atoms with Crippen molar-refractivity contribution in [1.29, 1.82) is 0 Å². The van der Waals surface area contributed by atoms with Crippen LogP contribution in [0.15, 0.2) is 12.1 Å². The molecule has 1 aromatic rings. The first kappa shape index (κ1) is 7.95.